The maximum atomic E-state index is 11.0. The van der Waals surface area contributed by atoms with E-state index in [0.717, 1.165) is 6.42 Å². The lowest BCUT2D eigenvalue weighted by atomic mass is 9.95. The first-order valence-electron chi connectivity index (χ1n) is 3.51. The summed E-state index contributed by atoms with van der Waals surface area (Å²) < 4.78 is 0. The van der Waals surface area contributed by atoms with Crippen molar-refractivity contribution < 1.29 is 4.79 Å². The van der Waals surface area contributed by atoms with Gasteiger partial charge in [-0.1, -0.05) is 26.1 Å². The largest absolute Gasteiger partial charge is 0.320 e. The topological polar surface area (TPSA) is 29.1 Å². The van der Waals surface area contributed by atoms with Crippen molar-refractivity contribution in [2.75, 3.05) is 0 Å². The van der Waals surface area contributed by atoms with E-state index in [4.69, 9.17) is 12.2 Å². The summed E-state index contributed by atoms with van der Waals surface area (Å²) in [5.41, 5.74) is 0. The summed E-state index contributed by atoms with van der Waals surface area (Å²) in [4.78, 5) is 11.7. The highest BCUT2D eigenvalue weighted by Crippen LogP contribution is 2.22. The van der Waals surface area contributed by atoms with E-state index in [-0.39, 0.29) is 17.7 Å². The van der Waals surface area contributed by atoms with Crippen LogP contribution in [0.4, 0.5) is 0 Å². The Morgan fingerprint density at radius 1 is 1.70 bits per heavy atom. The van der Waals surface area contributed by atoms with Gasteiger partial charge in [0, 0.05) is 11.8 Å². The van der Waals surface area contributed by atoms with Crippen molar-refractivity contribution in [1.82, 2.24) is 5.32 Å². The predicted octanol–water partition coefficient (Wildman–Crippen LogP) is 1.11. The molecule has 1 N–H and O–H groups in total. The fourth-order valence-corrected chi connectivity index (χ4v) is 1.54. The molecular formula is C7H11NOS. The highest BCUT2D eigenvalue weighted by molar-refractivity contribution is 7.80. The Morgan fingerprint density at radius 3 is 2.50 bits per heavy atom. The van der Waals surface area contributed by atoms with Crippen LogP contribution in [0.25, 0.3) is 0 Å². The van der Waals surface area contributed by atoms with Gasteiger partial charge in [0.2, 0.25) is 5.91 Å². The molecule has 0 aromatic carbocycles. The lowest BCUT2D eigenvalue weighted by Gasteiger charge is -2.06. The smallest absolute Gasteiger partial charge is 0.228 e. The standard InChI is InChI=1S/C7H11NOS/c1-3-5-4(2)7(10)8-6(5)9/h4-5H,3H2,1-2H3,(H,8,9,10)/t4-,5+/m1/s1. The van der Waals surface area contributed by atoms with E-state index in [1.165, 1.54) is 0 Å². The van der Waals surface area contributed by atoms with Crippen molar-refractivity contribution in [3.8, 4) is 0 Å². The van der Waals surface area contributed by atoms with Gasteiger partial charge in [0.25, 0.3) is 0 Å². The van der Waals surface area contributed by atoms with Gasteiger partial charge in [0.15, 0.2) is 0 Å². The van der Waals surface area contributed by atoms with Crippen LogP contribution in [0.15, 0.2) is 0 Å². The summed E-state index contributed by atoms with van der Waals surface area (Å²) in [6.45, 7) is 4.00. The molecule has 1 saturated heterocycles. The van der Waals surface area contributed by atoms with Crippen molar-refractivity contribution in [1.29, 1.82) is 0 Å². The number of thiocarbonyl (C=S) groups is 1. The minimum Gasteiger partial charge on any atom is -0.320 e. The molecule has 1 amide bonds. The molecular weight excluding hydrogens is 146 g/mol. The summed E-state index contributed by atoms with van der Waals surface area (Å²) >= 11 is 4.93. The molecule has 0 aromatic heterocycles. The Morgan fingerprint density at radius 2 is 2.30 bits per heavy atom. The molecule has 1 aliphatic rings. The number of nitrogens with one attached hydrogen (secondary N) is 1. The second kappa shape index (κ2) is 2.66. The van der Waals surface area contributed by atoms with E-state index in [0.29, 0.717) is 4.99 Å². The molecule has 2 atom stereocenters. The maximum Gasteiger partial charge on any atom is 0.228 e. The number of hydrogen-bond donors (Lipinski definition) is 1. The number of amides is 1. The van der Waals surface area contributed by atoms with Crippen molar-refractivity contribution in [3.63, 3.8) is 0 Å². The van der Waals surface area contributed by atoms with Gasteiger partial charge in [-0.05, 0) is 6.42 Å². The molecule has 1 aliphatic heterocycles. The Bertz CT molecular complexity index is 178. The van der Waals surface area contributed by atoms with Gasteiger partial charge in [0.1, 0.15) is 0 Å². The first-order chi connectivity index (χ1) is 4.66. The van der Waals surface area contributed by atoms with Crippen LogP contribution >= 0.6 is 12.2 Å². The van der Waals surface area contributed by atoms with Gasteiger partial charge < -0.3 is 5.32 Å². The quantitative estimate of drug-likeness (QED) is 0.578. The second-order valence-electron chi connectivity index (χ2n) is 2.66. The van der Waals surface area contributed by atoms with E-state index in [9.17, 15) is 4.79 Å². The van der Waals surface area contributed by atoms with Crippen molar-refractivity contribution in [3.05, 3.63) is 0 Å². The number of carbonyl (C=O) groups excluding carboxylic acids is 1. The molecule has 0 saturated carbocycles. The predicted molar refractivity (Wildman–Crippen MR) is 43.7 cm³/mol. The monoisotopic (exact) mass is 157 g/mol. The summed E-state index contributed by atoms with van der Waals surface area (Å²) in [5, 5.41) is 2.66. The zero-order valence-electron chi connectivity index (χ0n) is 6.18. The van der Waals surface area contributed by atoms with Gasteiger partial charge in [0.05, 0.1) is 4.99 Å². The van der Waals surface area contributed by atoms with Crippen LogP contribution in [0.3, 0.4) is 0 Å². The molecule has 0 radical (unpaired) electrons. The number of rotatable bonds is 1. The van der Waals surface area contributed by atoms with Gasteiger partial charge in [-0.3, -0.25) is 4.79 Å². The summed E-state index contributed by atoms with van der Waals surface area (Å²) in [5.74, 6) is 0.458. The van der Waals surface area contributed by atoms with Crippen molar-refractivity contribution >= 4 is 23.1 Å². The molecule has 0 unspecified atom stereocenters. The first kappa shape index (κ1) is 7.66. The van der Waals surface area contributed by atoms with Crippen LogP contribution < -0.4 is 5.32 Å². The molecule has 0 aliphatic carbocycles. The molecule has 0 spiro atoms. The number of carbonyl (C=O) groups is 1. The molecule has 0 aromatic rings. The van der Waals surface area contributed by atoms with Gasteiger partial charge in [-0.15, -0.1) is 0 Å². The lowest BCUT2D eigenvalue weighted by Crippen LogP contribution is -2.20. The van der Waals surface area contributed by atoms with Crippen LogP contribution in [0, 0.1) is 11.8 Å². The molecule has 1 fully saturated rings. The molecule has 3 heteroatoms. The van der Waals surface area contributed by atoms with E-state index in [2.05, 4.69) is 5.32 Å². The Hall–Kier alpha value is -0.440. The van der Waals surface area contributed by atoms with E-state index in [1.54, 1.807) is 0 Å². The Balaban J connectivity index is 2.73. The Kier molecular flexibility index (Phi) is 2.04. The summed E-state index contributed by atoms with van der Waals surface area (Å²) in [7, 11) is 0. The van der Waals surface area contributed by atoms with Crippen molar-refractivity contribution in [2.45, 2.75) is 20.3 Å². The van der Waals surface area contributed by atoms with Crippen molar-refractivity contribution in [2.24, 2.45) is 11.8 Å². The Labute approximate surface area is 66.0 Å². The normalized spacial score (nSPS) is 32.6. The highest BCUT2D eigenvalue weighted by Gasteiger charge is 2.33. The SMILES string of the molecule is CC[C@@H]1C(=O)NC(=S)[C@@H]1C. The molecule has 1 heterocycles. The van der Waals surface area contributed by atoms with Crippen LogP contribution in [-0.2, 0) is 4.79 Å². The van der Waals surface area contributed by atoms with Crippen LogP contribution in [0.1, 0.15) is 20.3 Å². The third-order valence-corrected chi connectivity index (χ3v) is 2.51. The van der Waals surface area contributed by atoms with Gasteiger partial charge in [-0.2, -0.15) is 0 Å². The highest BCUT2D eigenvalue weighted by atomic mass is 32.1. The van der Waals surface area contributed by atoms with Crippen LogP contribution in [0.2, 0.25) is 0 Å². The molecule has 1 rings (SSSR count). The van der Waals surface area contributed by atoms with E-state index >= 15 is 0 Å². The fraction of sp³-hybridized carbons (Fsp3) is 0.714. The zero-order chi connectivity index (χ0) is 7.72. The minimum absolute atomic E-state index is 0.0972. The zero-order valence-corrected chi connectivity index (χ0v) is 6.99. The summed E-state index contributed by atoms with van der Waals surface area (Å²) in [6.07, 6.45) is 0.882. The number of hydrogen-bond acceptors (Lipinski definition) is 2. The summed E-state index contributed by atoms with van der Waals surface area (Å²) in [6, 6.07) is 0. The van der Waals surface area contributed by atoms with Crippen LogP contribution in [0.5, 0.6) is 0 Å². The third-order valence-electron chi connectivity index (χ3n) is 2.04. The molecule has 10 heavy (non-hydrogen) atoms. The first-order valence-corrected chi connectivity index (χ1v) is 3.92. The lowest BCUT2D eigenvalue weighted by molar-refractivity contribution is -0.122. The van der Waals surface area contributed by atoms with E-state index in [1.807, 2.05) is 13.8 Å². The van der Waals surface area contributed by atoms with Gasteiger partial charge >= 0.3 is 0 Å². The second-order valence-corrected chi connectivity index (χ2v) is 3.10. The molecule has 0 bridgehead atoms. The fourth-order valence-electron chi connectivity index (χ4n) is 1.28. The third kappa shape index (κ3) is 1.06. The average Bonchev–Trinajstić information content (AvgIpc) is 2.09. The average molecular weight is 157 g/mol. The van der Waals surface area contributed by atoms with Gasteiger partial charge in [-0.25, -0.2) is 0 Å². The minimum atomic E-state index is 0.0972. The van der Waals surface area contributed by atoms with E-state index < -0.39 is 0 Å². The maximum absolute atomic E-state index is 11.0. The molecule has 56 valence electrons. The van der Waals surface area contributed by atoms with Crippen LogP contribution in [-0.4, -0.2) is 10.9 Å². The molecule has 2 nitrogen and oxygen atoms in total.